The molecule has 2 aliphatic heterocycles. The summed E-state index contributed by atoms with van der Waals surface area (Å²) in [6.45, 7) is 4.40. The van der Waals surface area contributed by atoms with Crippen molar-refractivity contribution < 1.29 is 9.47 Å². The molecule has 1 fully saturated rings. The first-order valence-corrected chi connectivity index (χ1v) is 7.09. The molecule has 1 aromatic rings. The molecule has 1 saturated heterocycles. The Bertz CT molecular complexity index is 481. The number of hydrogen-bond acceptors (Lipinski definition) is 4. The highest BCUT2D eigenvalue weighted by Crippen LogP contribution is 2.40. The minimum atomic E-state index is 0.257. The van der Waals surface area contributed by atoms with E-state index >= 15 is 0 Å². The monoisotopic (exact) mass is 282 g/mol. The third-order valence-corrected chi connectivity index (χ3v) is 4.21. The smallest absolute Gasteiger partial charge is 0.231 e. The number of likely N-dealkylation sites (tertiary alicyclic amines) is 1. The molecule has 4 nitrogen and oxygen atoms in total. The van der Waals surface area contributed by atoms with Crippen molar-refractivity contribution in [1.82, 2.24) is 4.90 Å². The van der Waals surface area contributed by atoms with Gasteiger partial charge in [-0.05, 0) is 37.5 Å². The second kappa shape index (κ2) is 5.19. The summed E-state index contributed by atoms with van der Waals surface area (Å²) in [5, 5.41) is 0.631. The maximum absolute atomic E-state index is 6.21. The van der Waals surface area contributed by atoms with Crippen molar-refractivity contribution in [1.29, 1.82) is 0 Å². The summed E-state index contributed by atoms with van der Waals surface area (Å²) in [5.74, 6) is 1.42. The lowest BCUT2D eigenvalue weighted by molar-refractivity contribution is 0.140. The summed E-state index contributed by atoms with van der Waals surface area (Å²) in [7, 11) is 0. The minimum Gasteiger partial charge on any atom is -0.454 e. The molecular weight excluding hydrogens is 264 g/mol. The SMILES string of the molecule is CC1CC(N)CCN1Cc1cc(Cl)c2c(c1)OCO2. The number of fused-ring (bicyclic) bond motifs is 1. The zero-order valence-corrected chi connectivity index (χ0v) is 11.8. The molecule has 3 rings (SSSR count). The van der Waals surface area contributed by atoms with E-state index in [9.17, 15) is 0 Å². The largest absolute Gasteiger partial charge is 0.454 e. The number of ether oxygens (including phenoxy) is 2. The van der Waals surface area contributed by atoms with Crippen LogP contribution in [-0.2, 0) is 6.54 Å². The van der Waals surface area contributed by atoms with Crippen molar-refractivity contribution in [3.8, 4) is 11.5 Å². The first kappa shape index (κ1) is 13.0. The van der Waals surface area contributed by atoms with Gasteiger partial charge in [-0.3, -0.25) is 4.90 Å². The van der Waals surface area contributed by atoms with Crippen LogP contribution in [0.25, 0.3) is 0 Å². The Morgan fingerprint density at radius 1 is 1.42 bits per heavy atom. The Labute approximate surface area is 118 Å². The van der Waals surface area contributed by atoms with Crippen LogP contribution in [0.3, 0.4) is 0 Å². The van der Waals surface area contributed by atoms with Crippen LogP contribution in [-0.4, -0.2) is 30.3 Å². The van der Waals surface area contributed by atoms with Gasteiger partial charge >= 0.3 is 0 Å². The van der Waals surface area contributed by atoms with Crippen LogP contribution in [0.15, 0.2) is 12.1 Å². The van der Waals surface area contributed by atoms with Gasteiger partial charge in [-0.1, -0.05) is 11.6 Å². The maximum atomic E-state index is 6.21. The summed E-state index contributed by atoms with van der Waals surface area (Å²) in [6.07, 6.45) is 2.11. The van der Waals surface area contributed by atoms with Crippen molar-refractivity contribution >= 4 is 11.6 Å². The number of piperidine rings is 1. The molecule has 2 unspecified atom stereocenters. The first-order chi connectivity index (χ1) is 9.13. The topological polar surface area (TPSA) is 47.7 Å². The number of hydrogen-bond donors (Lipinski definition) is 1. The molecular formula is C14H19ClN2O2. The molecule has 0 radical (unpaired) electrons. The average molecular weight is 283 g/mol. The second-order valence-corrected chi connectivity index (χ2v) is 5.82. The molecule has 2 N–H and O–H groups in total. The van der Waals surface area contributed by atoms with Gasteiger partial charge in [-0.25, -0.2) is 0 Å². The van der Waals surface area contributed by atoms with E-state index in [1.54, 1.807) is 0 Å². The Kier molecular flexibility index (Phi) is 3.56. The van der Waals surface area contributed by atoms with Crippen LogP contribution in [0.5, 0.6) is 11.5 Å². The van der Waals surface area contributed by atoms with Crippen LogP contribution < -0.4 is 15.2 Å². The highest BCUT2D eigenvalue weighted by molar-refractivity contribution is 6.32. The highest BCUT2D eigenvalue weighted by Gasteiger charge is 2.24. The molecule has 0 bridgehead atoms. The van der Waals surface area contributed by atoms with Crippen LogP contribution in [0.2, 0.25) is 5.02 Å². The van der Waals surface area contributed by atoms with Gasteiger partial charge in [0.15, 0.2) is 11.5 Å². The van der Waals surface area contributed by atoms with E-state index in [1.165, 1.54) is 0 Å². The van der Waals surface area contributed by atoms with E-state index in [4.69, 9.17) is 26.8 Å². The number of halogens is 1. The van der Waals surface area contributed by atoms with Gasteiger partial charge < -0.3 is 15.2 Å². The van der Waals surface area contributed by atoms with E-state index in [-0.39, 0.29) is 6.79 Å². The third-order valence-electron chi connectivity index (χ3n) is 3.93. The fourth-order valence-electron chi connectivity index (χ4n) is 2.84. The van der Waals surface area contributed by atoms with E-state index in [2.05, 4.69) is 11.8 Å². The van der Waals surface area contributed by atoms with Crippen LogP contribution in [0.1, 0.15) is 25.3 Å². The summed E-state index contributed by atoms with van der Waals surface area (Å²) < 4.78 is 10.7. The standard InChI is InChI=1S/C14H19ClN2O2/c1-9-4-11(16)2-3-17(9)7-10-5-12(15)14-13(6-10)18-8-19-14/h5-6,9,11H,2-4,7-8,16H2,1H3. The number of benzene rings is 1. The molecule has 2 atom stereocenters. The minimum absolute atomic E-state index is 0.257. The molecule has 5 heteroatoms. The van der Waals surface area contributed by atoms with E-state index in [0.29, 0.717) is 22.9 Å². The van der Waals surface area contributed by atoms with Gasteiger partial charge in [0.1, 0.15) is 0 Å². The van der Waals surface area contributed by atoms with E-state index in [0.717, 1.165) is 37.2 Å². The zero-order chi connectivity index (χ0) is 13.4. The molecule has 2 aliphatic rings. The lowest BCUT2D eigenvalue weighted by Crippen LogP contribution is -2.44. The first-order valence-electron chi connectivity index (χ1n) is 6.71. The molecule has 0 spiro atoms. The van der Waals surface area contributed by atoms with E-state index in [1.807, 2.05) is 12.1 Å². The van der Waals surface area contributed by atoms with Gasteiger partial charge in [0.25, 0.3) is 0 Å². The van der Waals surface area contributed by atoms with Gasteiger partial charge in [0.05, 0.1) is 5.02 Å². The van der Waals surface area contributed by atoms with Gasteiger partial charge in [-0.15, -0.1) is 0 Å². The number of rotatable bonds is 2. The lowest BCUT2D eigenvalue weighted by Gasteiger charge is -2.36. The summed E-state index contributed by atoms with van der Waals surface area (Å²) in [5.41, 5.74) is 7.16. The van der Waals surface area contributed by atoms with Gasteiger partial charge in [0.2, 0.25) is 6.79 Å². The average Bonchev–Trinajstić information content (AvgIpc) is 2.81. The normalized spacial score (nSPS) is 26.7. The van der Waals surface area contributed by atoms with Gasteiger partial charge in [-0.2, -0.15) is 0 Å². The van der Waals surface area contributed by atoms with Crippen molar-refractivity contribution in [3.05, 3.63) is 22.7 Å². The zero-order valence-electron chi connectivity index (χ0n) is 11.1. The molecule has 2 heterocycles. The van der Waals surface area contributed by atoms with E-state index < -0.39 is 0 Å². The predicted octanol–water partition coefficient (Wildman–Crippen LogP) is 2.38. The molecule has 0 aliphatic carbocycles. The van der Waals surface area contributed by atoms with Crippen LogP contribution in [0, 0.1) is 0 Å². The molecule has 0 saturated carbocycles. The van der Waals surface area contributed by atoms with Crippen molar-refractivity contribution in [2.75, 3.05) is 13.3 Å². The Morgan fingerprint density at radius 3 is 3.05 bits per heavy atom. The Morgan fingerprint density at radius 2 is 2.26 bits per heavy atom. The molecule has 104 valence electrons. The quantitative estimate of drug-likeness (QED) is 0.905. The Hall–Kier alpha value is -0.970. The van der Waals surface area contributed by atoms with Crippen molar-refractivity contribution in [2.24, 2.45) is 5.73 Å². The van der Waals surface area contributed by atoms with Crippen molar-refractivity contribution in [2.45, 2.75) is 38.4 Å². The maximum Gasteiger partial charge on any atom is 0.231 e. The third kappa shape index (κ3) is 2.66. The van der Waals surface area contributed by atoms with Crippen LogP contribution >= 0.6 is 11.6 Å². The number of nitrogens with zero attached hydrogens (tertiary/aromatic N) is 1. The molecule has 0 aromatic heterocycles. The lowest BCUT2D eigenvalue weighted by atomic mass is 9.98. The van der Waals surface area contributed by atoms with Crippen molar-refractivity contribution in [3.63, 3.8) is 0 Å². The van der Waals surface area contributed by atoms with Gasteiger partial charge in [0, 0.05) is 25.2 Å². The fraction of sp³-hybridized carbons (Fsp3) is 0.571. The van der Waals surface area contributed by atoms with Crippen LogP contribution in [0.4, 0.5) is 0 Å². The summed E-state index contributed by atoms with van der Waals surface area (Å²) in [4.78, 5) is 2.44. The molecule has 0 amide bonds. The molecule has 19 heavy (non-hydrogen) atoms. The Balaban J connectivity index is 1.75. The highest BCUT2D eigenvalue weighted by atomic mass is 35.5. The number of nitrogens with two attached hydrogens (primary N) is 1. The predicted molar refractivity (Wildman–Crippen MR) is 74.7 cm³/mol. The summed E-state index contributed by atoms with van der Waals surface area (Å²) >= 11 is 6.21. The second-order valence-electron chi connectivity index (χ2n) is 5.42. The summed E-state index contributed by atoms with van der Waals surface area (Å²) in [6, 6.07) is 4.84. The molecule has 1 aromatic carbocycles. The fourth-order valence-corrected chi connectivity index (χ4v) is 3.13.